The lowest BCUT2D eigenvalue weighted by atomic mass is 10.1. The van der Waals surface area contributed by atoms with Crippen LogP contribution in [-0.2, 0) is 10.0 Å². The van der Waals surface area contributed by atoms with Crippen molar-refractivity contribution in [3.8, 4) is 5.75 Å². The Bertz CT molecular complexity index is 848. The third-order valence-corrected chi connectivity index (χ3v) is 6.23. The number of halogens is 1. The van der Waals surface area contributed by atoms with Gasteiger partial charge in [0.15, 0.2) is 0 Å². The van der Waals surface area contributed by atoms with Gasteiger partial charge in [-0.3, -0.25) is 4.72 Å². The summed E-state index contributed by atoms with van der Waals surface area (Å²) < 4.78 is 34.4. The number of benzene rings is 2. The Balaban J connectivity index is 1.80. The van der Waals surface area contributed by atoms with E-state index in [0.29, 0.717) is 22.5 Å². The monoisotopic (exact) mass is 438 g/mol. The van der Waals surface area contributed by atoms with Gasteiger partial charge in [0.1, 0.15) is 10.6 Å². The van der Waals surface area contributed by atoms with Gasteiger partial charge in [0.05, 0.1) is 6.61 Å². The molecule has 0 aromatic heterocycles. The maximum Gasteiger partial charge on any atom is 0.265 e. The van der Waals surface area contributed by atoms with Gasteiger partial charge in [0.2, 0.25) is 0 Å². The van der Waals surface area contributed by atoms with Crippen LogP contribution in [0.4, 0.5) is 11.4 Å². The van der Waals surface area contributed by atoms with E-state index in [-0.39, 0.29) is 4.90 Å². The molecule has 26 heavy (non-hydrogen) atoms. The number of nitrogens with one attached hydrogen (secondary N) is 1. The van der Waals surface area contributed by atoms with E-state index in [4.69, 9.17) is 4.74 Å². The number of nitrogens with zero attached hydrogens (tertiary/aromatic N) is 1. The van der Waals surface area contributed by atoms with Crippen LogP contribution in [-0.4, -0.2) is 28.1 Å². The van der Waals surface area contributed by atoms with Crippen LogP contribution in [0.2, 0.25) is 0 Å². The van der Waals surface area contributed by atoms with Crippen LogP contribution < -0.4 is 14.4 Å². The molecule has 0 radical (unpaired) electrons. The van der Waals surface area contributed by atoms with Crippen LogP contribution in [0.15, 0.2) is 51.8 Å². The second-order valence-corrected chi connectivity index (χ2v) is 8.79. The van der Waals surface area contributed by atoms with Crippen LogP contribution in [0.3, 0.4) is 0 Å². The van der Waals surface area contributed by atoms with Crippen molar-refractivity contribution < 1.29 is 13.2 Å². The number of ether oxygens (including phenoxy) is 1. The third-order valence-electron chi connectivity index (χ3n) is 4.34. The number of rotatable bonds is 6. The molecule has 0 unspecified atom stereocenters. The first-order valence-electron chi connectivity index (χ1n) is 8.80. The minimum absolute atomic E-state index is 0.119. The van der Waals surface area contributed by atoms with Gasteiger partial charge in [-0.15, -0.1) is 0 Å². The molecule has 1 N–H and O–H groups in total. The summed E-state index contributed by atoms with van der Waals surface area (Å²) in [6.07, 6.45) is 3.69. The van der Waals surface area contributed by atoms with E-state index in [1.54, 1.807) is 30.3 Å². The van der Waals surface area contributed by atoms with Crippen molar-refractivity contribution >= 4 is 37.3 Å². The van der Waals surface area contributed by atoms with Gasteiger partial charge in [-0.2, -0.15) is 0 Å². The molecule has 0 aliphatic carbocycles. The van der Waals surface area contributed by atoms with E-state index in [1.807, 2.05) is 19.1 Å². The van der Waals surface area contributed by atoms with Crippen molar-refractivity contribution in [2.75, 3.05) is 29.3 Å². The molecular weight excluding hydrogens is 416 g/mol. The molecule has 2 aromatic rings. The second kappa shape index (κ2) is 8.31. The molecule has 0 bridgehead atoms. The largest absolute Gasteiger partial charge is 0.492 e. The number of sulfonamides is 1. The molecule has 5 nitrogen and oxygen atoms in total. The lowest BCUT2D eigenvalue weighted by Gasteiger charge is -2.28. The van der Waals surface area contributed by atoms with E-state index in [1.165, 1.54) is 19.3 Å². The van der Waals surface area contributed by atoms with Gasteiger partial charge in [-0.05, 0) is 68.7 Å². The Hall–Kier alpha value is -1.73. The Morgan fingerprint density at radius 3 is 2.42 bits per heavy atom. The molecule has 1 fully saturated rings. The Labute approximate surface area is 163 Å². The maximum atomic E-state index is 12.8. The smallest absolute Gasteiger partial charge is 0.265 e. The van der Waals surface area contributed by atoms with Crippen molar-refractivity contribution in [3.63, 3.8) is 0 Å². The third kappa shape index (κ3) is 4.51. The molecule has 0 atom stereocenters. The SMILES string of the molecule is CCOc1ccc(Br)cc1S(=O)(=O)Nc1ccc(N2CCCCC2)cc1. The minimum Gasteiger partial charge on any atom is -0.492 e. The Morgan fingerprint density at radius 1 is 1.08 bits per heavy atom. The van der Waals surface area contributed by atoms with Gasteiger partial charge in [-0.1, -0.05) is 15.9 Å². The molecule has 3 rings (SSSR count). The van der Waals surface area contributed by atoms with Crippen molar-refractivity contribution in [2.45, 2.75) is 31.1 Å². The topological polar surface area (TPSA) is 58.6 Å². The summed E-state index contributed by atoms with van der Waals surface area (Å²) in [5.41, 5.74) is 1.67. The van der Waals surface area contributed by atoms with Gasteiger partial charge in [-0.25, -0.2) is 8.42 Å². The van der Waals surface area contributed by atoms with E-state index in [0.717, 1.165) is 18.8 Å². The highest BCUT2D eigenvalue weighted by Crippen LogP contribution is 2.30. The molecular formula is C19H23BrN2O3S. The van der Waals surface area contributed by atoms with E-state index < -0.39 is 10.0 Å². The Kier molecular flexibility index (Phi) is 6.09. The van der Waals surface area contributed by atoms with Crippen LogP contribution in [0.25, 0.3) is 0 Å². The van der Waals surface area contributed by atoms with Crippen molar-refractivity contribution in [1.29, 1.82) is 0 Å². The zero-order valence-electron chi connectivity index (χ0n) is 14.7. The van der Waals surface area contributed by atoms with Crippen LogP contribution >= 0.6 is 15.9 Å². The van der Waals surface area contributed by atoms with Crippen LogP contribution in [0.5, 0.6) is 5.75 Å². The van der Waals surface area contributed by atoms with Gasteiger partial charge in [0, 0.05) is 28.9 Å². The molecule has 0 saturated carbocycles. The molecule has 140 valence electrons. The average Bonchev–Trinajstić information content (AvgIpc) is 2.64. The lowest BCUT2D eigenvalue weighted by Crippen LogP contribution is -2.29. The summed E-state index contributed by atoms with van der Waals surface area (Å²) in [5, 5.41) is 0. The minimum atomic E-state index is -3.74. The quantitative estimate of drug-likeness (QED) is 0.713. The first-order chi connectivity index (χ1) is 12.5. The first-order valence-corrected chi connectivity index (χ1v) is 11.1. The first kappa shape index (κ1) is 19.0. The van der Waals surface area contributed by atoms with E-state index >= 15 is 0 Å². The highest BCUT2D eigenvalue weighted by Gasteiger charge is 2.20. The van der Waals surface area contributed by atoms with Crippen LogP contribution in [0.1, 0.15) is 26.2 Å². The summed E-state index contributed by atoms with van der Waals surface area (Å²) >= 11 is 3.33. The van der Waals surface area contributed by atoms with Gasteiger partial charge in [0.25, 0.3) is 10.0 Å². The highest BCUT2D eigenvalue weighted by molar-refractivity contribution is 9.10. The number of hydrogen-bond donors (Lipinski definition) is 1. The molecule has 7 heteroatoms. The fourth-order valence-corrected chi connectivity index (χ4v) is 4.81. The fourth-order valence-electron chi connectivity index (χ4n) is 3.07. The van der Waals surface area contributed by atoms with Crippen LogP contribution in [0, 0.1) is 0 Å². The van der Waals surface area contributed by atoms with E-state index in [9.17, 15) is 8.42 Å². The molecule has 0 amide bonds. The molecule has 1 aliphatic rings. The second-order valence-electron chi connectivity index (χ2n) is 6.22. The Morgan fingerprint density at radius 2 is 1.77 bits per heavy atom. The normalized spacial score (nSPS) is 14.9. The predicted molar refractivity (Wildman–Crippen MR) is 109 cm³/mol. The van der Waals surface area contributed by atoms with Crippen molar-refractivity contribution in [1.82, 2.24) is 0 Å². The zero-order chi connectivity index (χ0) is 18.6. The maximum absolute atomic E-state index is 12.8. The molecule has 2 aromatic carbocycles. The van der Waals surface area contributed by atoms with E-state index in [2.05, 4.69) is 25.6 Å². The fraction of sp³-hybridized carbons (Fsp3) is 0.368. The van der Waals surface area contributed by atoms with Gasteiger partial charge < -0.3 is 9.64 Å². The predicted octanol–water partition coefficient (Wildman–Crippen LogP) is 4.64. The molecule has 0 spiro atoms. The summed E-state index contributed by atoms with van der Waals surface area (Å²) in [4.78, 5) is 2.46. The molecule has 1 aliphatic heterocycles. The zero-order valence-corrected chi connectivity index (χ0v) is 17.1. The van der Waals surface area contributed by atoms with Gasteiger partial charge >= 0.3 is 0 Å². The van der Waals surface area contributed by atoms with Crippen molar-refractivity contribution in [2.24, 2.45) is 0 Å². The lowest BCUT2D eigenvalue weighted by molar-refractivity contribution is 0.331. The summed E-state index contributed by atoms with van der Waals surface area (Å²) in [5.74, 6) is 0.341. The molecule has 1 saturated heterocycles. The summed E-state index contributed by atoms with van der Waals surface area (Å²) in [6.45, 7) is 4.33. The summed E-state index contributed by atoms with van der Waals surface area (Å²) in [6, 6.07) is 12.5. The average molecular weight is 439 g/mol. The number of anilines is 2. The standard InChI is InChI=1S/C19H23BrN2O3S/c1-2-25-18-11-6-15(20)14-19(18)26(23,24)21-16-7-9-17(10-8-16)22-12-4-3-5-13-22/h6-11,14,21H,2-5,12-13H2,1H3. The molecule has 1 heterocycles. The van der Waals surface area contributed by atoms with Crippen molar-refractivity contribution in [3.05, 3.63) is 46.9 Å². The number of hydrogen-bond acceptors (Lipinski definition) is 4. The highest BCUT2D eigenvalue weighted by atomic mass is 79.9. The summed E-state index contributed by atoms with van der Waals surface area (Å²) in [7, 11) is -3.74. The number of piperidine rings is 1.